The van der Waals surface area contributed by atoms with E-state index in [1.54, 1.807) is 23.5 Å². The third kappa shape index (κ3) is 6.40. The van der Waals surface area contributed by atoms with E-state index in [1.807, 2.05) is 23.6 Å². The Hall–Kier alpha value is -2.48. The van der Waals surface area contributed by atoms with Crippen LogP contribution >= 0.6 is 11.3 Å². The van der Waals surface area contributed by atoms with Crippen LogP contribution in [0.3, 0.4) is 0 Å². The number of rotatable bonds is 9. The molecule has 2 aromatic heterocycles. The second-order valence-electron chi connectivity index (χ2n) is 10.3. The molecule has 7 heteroatoms. The number of hydrogen-bond acceptors (Lipinski definition) is 6. The molecule has 1 fully saturated rings. The molecule has 3 aromatic rings. The second kappa shape index (κ2) is 11.1. The van der Waals surface area contributed by atoms with Crippen LogP contribution in [0.25, 0.3) is 11.0 Å². The minimum atomic E-state index is -0.848. The highest BCUT2D eigenvalue weighted by Gasteiger charge is 2.34. The van der Waals surface area contributed by atoms with Crippen molar-refractivity contribution in [2.45, 2.75) is 58.6 Å². The molecule has 0 aliphatic carbocycles. The van der Waals surface area contributed by atoms with Crippen LogP contribution in [0.5, 0.6) is 0 Å². The number of furan rings is 1. The van der Waals surface area contributed by atoms with Crippen molar-refractivity contribution < 1.29 is 14.3 Å². The summed E-state index contributed by atoms with van der Waals surface area (Å²) in [5.41, 5.74) is 4.72. The van der Waals surface area contributed by atoms with E-state index >= 15 is 0 Å². The minimum Gasteiger partial charge on any atom is -0.451 e. The number of allylic oxidation sites excluding steroid dienone is 2. The Labute approximate surface area is 212 Å². The Bertz CT molecular complexity index is 1160. The van der Waals surface area contributed by atoms with Gasteiger partial charge in [0, 0.05) is 37.4 Å². The van der Waals surface area contributed by atoms with E-state index in [0.717, 1.165) is 42.7 Å². The molecule has 1 amide bonds. The van der Waals surface area contributed by atoms with Crippen molar-refractivity contribution in [3.63, 3.8) is 0 Å². The standard InChI is InChI=1S/C28H37N3O3S/c1-20(2)6-5-7-21(3)16-31-12-10-28(33,11-13-31)23-8-9-25-22(14-23)15-26(34-25)27(32)30(4)17-24-18-35-19-29-24/h6,8-9,14-15,18-19,21,33H,5,7,10-13,16-17H2,1-4H3/t21-/m0/s1. The minimum absolute atomic E-state index is 0.179. The largest absolute Gasteiger partial charge is 0.451 e. The molecule has 0 radical (unpaired) electrons. The van der Waals surface area contributed by atoms with Gasteiger partial charge in [-0.05, 0) is 69.2 Å². The number of aliphatic hydroxyl groups is 1. The summed E-state index contributed by atoms with van der Waals surface area (Å²) in [5, 5.41) is 14.2. The van der Waals surface area contributed by atoms with Crippen molar-refractivity contribution in [2.75, 3.05) is 26.7 Å². The van der Waals surface area contributed by atoms with Gasteiger partial charge in [0.1, 0.15) is 5.58 Å². The Kier molecular flexibility index (Phi) is 8.09. The van der Waals surface area contributed by atoms with E-state index in [0.29, 0.717) is 36.6 Å². The number of carbonyl (C=O) groups is 1. The van der Waals surface area contributed by atoms with Crippen molar-refractivity contribution in [3.8, 4) is 0 Å². The van der Waals surface area contributed by atoms with Crippen LogP contribution in [-0.2, 0) is 12.1 Å². The zero-order valence-corrected chi connectivity index (χ0v) is 22.1. The van der Waals surface area contributed by atoms with Gasteiger partial charge in [-0.15, -0.1) is 11.3 Å². The fraction of sp³-hybridized carbons (Fsp3) is 0.500. The van der Waals surface area contributed by atoms with E-state index < -0.39 is 5.60 Å². The van der Waals surface area contributed by atoms with Gasteiger partial charge in [-0.25, -0.2) is 4.98 Å². The molecule has 0 saturated carbocycles. The molecule has 35 heavy (non-hydrogen) atoms. The average molecular weight is 496 g/mol. The fourth-order valence-electron chi connectivity index (χ4n) is 4.84. The molecule has 4 rings (SSSR count). The van der Waals surface area contributed by atoms with Crippen molar-refractivity contribution in [1.29, 1.82) is 0 Å². The number of benzene rings is 1. The number of amides is 1. The zero-order valence-electron chi connectivity index (χ0n) is 21.3. The van der Waals surface area contributed by atoms with Crippen molar-refractivity contribution in [2.24, 2.45) is 5.92 Å². The van der Waals surface area contributed by atoms with Gasteiger partial charge in [0.05, 0.1) is 23.4 Å². The van der Waals surface area contributed by atoms with Crippen LogP contribution in [0.4, 0.5) is 0 Å². The number of aromatic nitrogens is 1. The van der Waals surface area contributed by atoms with Gasteiger partial charge in [-0.1, -0.05) is 24.6 Å². The lowest BCUT2D eigenvalue weighted by molar-refractivity contribution is -0.0284. The van der Waals surface area contributed by atoms with Gasteiger partial charge in [0.15, 0.2) is 5.76 Å². The predicted octanol–water partition coefficient (Wildman–Crippen LogP) is 5.83. The van der Waals surface area contributed by atoms with Gasteiger partial charge < -0.3 is 19.3 Å². The summed E-state index contributed by atoms with van der Waals surface area (Å²) in [6.07, 6.45) is 6.06. The van der Waals surface area contributed by atoms with Crippen molar-refractivity contribution in [1.82, 2.24) is 14.8 Å². The molecule has 1 aliphatic heterocycles. The number of carbonyl (C=O) groups excluding carboxylic acids is 1. The molecular weight excluding hydrogens is 458 g/mol. The molecule has 188 valence electrons. The number of hydrogen-bond donors (Lipinski definition) is 1. The van der Waals surface area contributed by atoms with E-state index in [1.165, 1.54) is 23.3 Å². The van der Waals surface area contributed by atoms with Gasteiger partial charge in [-0.2, -0.15) is 0 Å². The topological polar surface area (TPSA) is 69.8 Å². The molecule has 1 aliphatic rings. The van der Waals surface area contributed by atoms with Crippen molar-refractivity contribution >= 4 is 28.2 Å². The van der Waals surface area contributed by atoms with Crippen LogP contribution in [0.1, 0.15) is 68.3 Å². The molecule has 0 unspecified atom stereocenters. The third-order valence-electron chi connectivity index (χ3n) is 6.96. The number of likely N-dealkylation sites (tertiary alicyclic amines) is 1. The maximum absolute atomic E-state index is 12.9. The lowest BCUT2D eigenvalue weighted by Gasteiger charge is -2.39. The summed E-state index contributed by atoms with van der Waals surface area (Å²) >= 11 is 1.51. The van der Waals surface area contributed by atoms with E-state index in [2.05, 4.69) is 36.7 Å². The number of piperidine rings is 1. The maximum Gasteiger partial charge on any atom is 0.289 e. The number of nitrogens with zero attached hydrogens (tertiary/aromatic N) is 3. The van der Waals surface area contributed by atoms with Gasteiger partial charge >= 0.3 is 0 Å². The average Bonchev–Trinajstić information content (AvgIpc) is 3.49. The molecule has 1 atom stereocenters. The third-order valence-corrected chi connectivity index (χ3v) is 7.59. The Morgan fingerprint density at radius 3 is 2.77 bits per heavy atom. The van der Waals surface area contributed by atoms with Crippen LogP contribution in [0.15, 0.2) is 51.2 Å². The summed E-state index contributed by atoms with van der Waals surface area (Å²) in [5.74, 6) is 0.768. The summed E-state index contributed by atoms with van der Waals surface area (Å²) < 4.78 is 5.85. The Morgan fingerprint density at radius 2 is 2.09 bits per heavy atom. The fourth-order valence-corrected chi connectivity index (χ4v) is 5.39. The molecule has 0 bridgehead atoms. The SMILES string of the molecule is CC(C)=CCC[C@H](C)CN1CCC(O)(c2ccc3oc(C(=O)N(C)Cc4cscn4)cc3c2)CC1. The highest BCUT2D eigenvalue weighted by Crippen LogP contribution is 2.35. The number of thiazole rings is 1. The van der Waals surface area contributed by atoms with Crippen LogP contribution in [0, 0.1) is 5.92 Å². The molecule has 1 saturated heterocycles. The molecule has 1 aromatic carbocycles. The zero-order chi connectivity index (χ0) is 25.0. The van der Waals surface area contributed by atoms with E-state index in [-0.39, 0.29) is 5.91 Å². The first kappa shape index (κ1) is 25.6. The first-order chi connectivity index (χ1) is 16.7. The molecule has 1 N–H and O–H groups in total. The lowest BCUT2D eigenvalue weighted by atomic mass is 9.83. The second-order valence-corrected chi connectivity index (χ2v) is 11.0. The highest BCUT2D eigenvalue weighted by molar-refractivity contribution is 7.07. The summed E-state index contributed by atoms with van der Waals surface area (Å²) in [7, 11) is 1.75. The number of fused-ring (bicyclic) bond motifs is 1. The lowest BCUT2D eigenvalue weighted by Crippen LogP contribution is -2.44. The van der Waals surface area contributed by atoms with Crippen LogP contribution < -0.4 is 0 Å². The van der Waals surface area contributed by atoms with Crippen LogP contribution in [0.2, 0.25) is 0 Å². The Morgan fingerprint density at radius 1 is 1.31 bits per heavy atom. The van der Waals surface area contributed by atoms with Crippen molar-refractivity contribution in [3.05, 3.63) is 63.8 Å². The quantitative estimate of drug-likeness (QED) is 0.378. The normalized spacial score (nSPS) is 16.8. The Balaban J connectivity index is 1.37. The summed E-state index contributed by atoms with van der Waals surface area (Å²) in [4.78, 5) is 21.2. The van der Waals surface area contributed by atoms with Gasteiger partial charge in [0.2, 0.25) is 0 Å². The van der Waals surface area contributed by atoms with Gasteiger partial charge in [0.25, 0.3) is 5.91 Å². The van der Waals surface area contributed by atoms with Crippen LogP contribution in [-0.4, -0.2) is 52.5 Å². The predicted molar refractivity (Wildman–Crippen MR) is 142 cm³/mol. The summed E-state index contributed by atoms with van der Waals surface area (Å²) in [6, 6.07) is 7.58. The van der Waals surface area contributed by atoms with E-state index in [4.69, 9.17) is 4.42 Å². The first-order valence-electron chi connectivity index (χ1n) is 12.5. The summed E-state index contributed by atoms with van der Waals surface area (Å²) in [6.45, 7) is 9.91. The van der Waals surface area contributed by atoms with Gasteiger partial charge in [-0.3, -0.25) is 4.79 Å². The maximum atomic E-state index is 12.9. The monoisotopic (exact) mass is 495 g/mol. The molecule has 3 heterocycles. The van der Waals surface area contributed by atoms with E-state index in [9.17, 15) is 9.90 Å². The molecule has 0 spiro atoms. The smallest absolute Gasteiger partial charge is 0.289 e. The molecule has 6 nitrogen and oxygen atoms in total. The molecular formula is C28H37N3O3S. The highest BCUT2D eigenvalue weighted by atomic mass is 32.1. The first-order valence-corrected chi connectivity index (χ1v) is 13.4.